The van der Waals surface area contributed by atoms with Crippen molar-refractivity contribution in [2.45, 2.75) is 12.5 Å². The van der Waals surface area contributed by atoms with E-state index in [1.54, 1.807) is 12.1 Å². The van der Waals surface area contributed by atoms with Gasteiger partial charge in [-0.05, 0) is 42.0 Å². The van der Waals surface area contributed by atoms with Gasteiger partial charge in [-0.15, -0.1) is 0 Å². The van der Waals surface area contributed by atoms with Crippen LogP contribution in [0, 0.1) is 11.6 Å². The van der Waals surface area contributed by atoms with Gasteiger partial charge in [0.15, 0.2) is 0 Å². The first-order valence-electron chi connectivity index (χ1n) is 11.0. The Morgan fingerprint density at radius 3 is 2.41 bits per heavy atom. The fourth-order valence-corrected chi connectivity index (χ4v) is 4.19. The Morgan fingerprint density at radius 1 is 0.938 bits per heavy atom. The van der Waals surface area contributed by atoms with Crippen LogP contribution in [0.2, 0.25) is 0 Å². The van der Waals surface area contributed by atoms with Crippen molar-refractivity contribution in [3.63, 3.8) is 0 Å². The molecule has 1 fully saturated rings. The van der Waals surface area contributed by atoms with Gasteiger partial charge in [0.25, 0.3) is 0 Å². The van der Waals surface area contributed by atoms with Gasteiger partial charge >= 0.3 is 0 Å². The summed E-state index contributed by atoms with van der Waals surface area (Å²) in [6.45, 7) is 4.43. The van der Waals surface area contributed by atoms with Gasteiger partial charge in [0.1, 0.15) is 11.6 Å². The molecule has 1 atom stereocenters. The van der Waals surface area contributed by atoms with Crippen molar-refractivity contribution in [1.29, 1.82) is 0 Å². The number of nitrogens with one attached hydrogen (secondary N) is 1. The Bertz CT molecular complexity index is 1020. The molecule has 7 heteroatoms. The van der Waals surface area contributed by atoms with Gasteiger partial charge in [-0.3, -0.25) is 9.69 Å². The van der Waals surface area contributed by atoms with E-state index in [2.05, 4.69) is 15.1 Å². The highest BCUT2D eigenvalue weighted by Crippen LogP contribution is 2.23. The predicted molar refractivity (Wildman–Crippen MR) is 122 cm³/mol. The lowest BCUT2D eigenvalue weighted by atomic mass is 10.0. The summed E-state index contributed by atoms with van der Waals surface area (Å²) in [5.74, 6) is -0.573. The van der Waals surface area contributed by atoms with Crippen LogP contribution in [0.4, 0.5) is 14.5 Å². The lowest BCUT2D eigenvalue weighted by Gasteiger charge is -2.36. The summed E-state index contributed by atoms with van der Waals surface area (Å²) < 4.78 is 29.6. The highest BCUT2D eigenvalue weighted by atomic mass is 19.1. The number of nitrogens with zero attached hydrogens (tertiary/aromatic N) is 3. The van der Waals surface area contributed by atoms with Crippen molar-refractivity contribution in [1.82, 2.24) is 14.8 Å². The fourth-order valence-electron chi connectivity index (χ4n) is 4.19. The third-order valence-corrected chi connectivity index (χ3v) is 5.92. The minimum Gasteiger partial charge on any atom is -0.367 e. The number of benzene rings is 2. The smallest absolute Gasteiger partial charge is 0.222 e. The largest absolute Gasteiger partial charge is 0.367 e. The monoisotopic (exact) mass is 438 g/mol. The average molecular weight is 439 g/mol. The molecule has 2 aromatic carbocycles. The molecule has 1 unspecified atom stereocenters. The topological polar surface area (TPSA) is 40.5 Å². The van der Waals surface area contributed by atoms with Crippen molar-refractivity contribution in [2.24, 2.45) is 0 Å². The summed E-state index contributed by atoms with van der Waals surface area (Å²) >= 11 is 0. The van der Waals surface area contributed by atoms with E-state index >= 15 is 0 Å². The number of amides is 1. The highest BCUT2D eigenvalue weighted by Gasteiger charge is 2.20. The zero-order chi connectivity index (χ0) is 22.3. The molecule has 0 bridgehead atoms. The Morgan fingerprint density at radius 2 is 1.69 bits per heavy atom. The third-order valence-electron chi connectivity index (χ3n) is 5.92. The number of piperazine rings is 1. The Labute approximate surface area is 187 Å². The van der Waals surface area contributed by atoms with E-state index in [9.17, 15) is 13.6 Å². The van der Waals surface area contributed by atoms with E-state index in [1.165, 1.54) is 18.2 Å². The standard InChI is InChI=1S/C25H28F2N4O/c26-21-7-5-6-20(18-21)24(30-11-3-4-12-30)19-25(32)28-10-13-29-14-16-31(17-15-29)23-9-2-1-8-22(23)27/h1-9,11-12,18,24H,10,13-17,19H2,(H,28,32). The molecule has 3 aromatic rings. The molecular formula is C25H28F2N4O. The second-order valence-electron chi connectivity index (χ2n) is 8.04. The van der Waals surface area contributed by atoms with Gasteiger partial charge in [-0.1, -0.05) is 24.3 Å². The molecule has 1 aliphatic rings. The minimum absolute atomic E-state index is 0.0713. The van der Waals surface area contributed by atoms with Crippen molar-refractivity contribution < 1.29 is 13.6 Å². The number of anilines is 1. The van der Waals surface area contributed by atoms with E-state index in [4.69, 9.17) is 0 Å². The Balaban J connectivity index is 1.25. The molecule has 1 N–H and O–H groups in total. The normalized spacial score (nSPS) is 15.5. The molecule has 168 valence electrons. The summed E-state index contributed by atoms with van der Waals surface area (Å²) in [5.41, 5.74) is 1.41. The molecule has 1 aliphatic heterocycles. The Hall–Kier alpha value is -3.19. The van der Waals surface area contributed by atoms with Crippen LogP contribution < -0.4 is 10.2 Å². The first-order valence-corrected chi connectivity index (χ1v) is 11.0. The van der Waals surface area contributed by atoms with Gasteiger partial charge in [-0.2, -0.15) is 0 Å². The molecule has 0 radical (unpaired) electrons. The highest BCUT2D eigenvalue weighted by molar-refractivity contribution is 5.76. The molecule has 1 saturated heterocycles. The van der Waals surface area contributed by atoms with E-state index in [1.807, 2.05) is 47.3 Å². The zero-order valence-corrected chi connectivity index (χ0v) is 18.0. The minimum atomic E-state index is -0.311. The molecule has 1 aromatic heterocycles. The van der Waals surface area contributed by atoms with Crippen molar-refractivity contribution in [2.75, 3.05) is 44.2 Å². The quantitative estimate of drug-likeness (QED) is 0.583. The van der Waals surface area contributed by atoms with E-state index in [0.717, 1.165) is 38.3 Å². The van der Waals surface area contributed by atoms with E-state index in [0.29, 0.717) is 12.2 Å². The number of aromatic nitrogens is 1. The second kappa shape index (κ2) is 10.4. The van der Waals surface area contributed by atoms with Gasteiger partial charge in [-0.25, -0.2) is 8.78 Å². The van der Waals surface area contributed by atoms with Crippen molar-refractivity contribution >= 4 is 11.6 Å². The van der Waals surface area contributed by atoms with E-state index in [-0.39, 0.29) is 30.0 Å². The summed E-state index contributed by atoms with van der Waals surface area (Å²) in [4.78, 5) is 17.0. The lowest BCUT2D eigenvalue weighted by Crippen LogP contribution is -2.48. The van der Waals surface area contributed by atoms with Crippen LogP contribution in [0.25, 0.3) is 0 Å². The van der Waals surface area contributed by atoms with Crippen LogP contribution in [0.1, 0.15) is 18.0 Å². The number of carbonyl (C=O) groups excluding carboxylic acids is 1. The molecule has 4 rings (SSSR count). The van der Waals surface area contributed by atoms with Gasteiger partial charge < -0.3 is 14.8 Å². The molecule has 1 amide bonds. The molecule has 0 aliphatic carbocycles. The maximum absolute atomic E-state index is 14.0. The molecular weight excluding hydrogens is 410 g/mol. The van der Waals surface area contributed by atoms with Gasteiger partial charge in [0.2, 0.25) is 5.91 Å². The number of para-hydroxylation sites is 1. The van der Waals surface area contributed by atoms with Crippen LogP contribution in [0.5, 0.6) is 0 Å². The number of carbonyl (C=O) groups is 1. The van der Waals surface area contributed by atoms with Crippen LogP contribution in [0.3, 0.4) is 0 Å². The maximum atomic E-state index is 14.0. The zero-order valence-electron chi connectivity index (χ0n) is 18.0. The first-order chi connectivity index (χ1) is 15.6. The van der Waals surface area contributed by atoms with Crippen LogP contribution in [-0.2, 0) is 4.79 Å². The summed E-state index contributed by atoms with van der Waals surface area (Å²) in [6.07, 6.45) is 4.01. The fraction of sp³-hybridized carbons (Fsp3) is 0.320. The summed E-state index contributed by atoms with van der Waals surface area (Å²) in [5, 5.41) is 3.00. The first kappa shape index (κ1) is 22.0. The van der Waals surface area contributed by atoms with Crippen LogP contribution in [0.15, 0.2) is 73.1 Å². The van der Waals surface area contributed by atoms with E-state index < -0.39 is 0 Å². The average Bonchev–Trinajstić information content (AvgIpc) is 3.33. The van der Waals surface area contributed by atoms with Crippen LogP contribution in [-0.4, -0.2) is 54.6 Å². The van der Waals surface area contributed by atoms with Crippen molar-refractivity contribution in [3.8, 4) is 0 Å². The number of rotatable bonds is 8. The second-order valence-corrected chi connectivity index (χ2v) is 8.04. The lowest BCUT2D eigenvalue weighted by molar-refractivity contribution is -0.121. The van der Waals surface area contributed by atoms with Crippen molar-refractivity contribution in [3.05, 3.63) is 90.3 Å². The summed E-state index contributed by atoms with van der Waals surface area (Å²) in [7, 11) is 0. The molecule has 0 saturated carbocycles. The molecule has 0 spiro atoms. The molecule has 32 heavy (non-hydrogen) atoms. The number of hydrogen-bond donors (Lipinski definition) is 1. The summed E-state index contributed by atoms with van der Waals surface area (Å²) in [6, 6.07) is 16.8. The predicted octanol–water partition coefficient (Wildman–Crippen LogP) is 3.68. The molecule has 5 nitrogen and oxygen atoms in total. The Kier molecular flexibility index (Phi) is 7.17. The molecule has 2 heterocycles. The van der Waals surface area contributed by atoms with Crippen LogP contribution >= 0.6 is 0 Å². The SMILES string of the molecule is O=C(CC(c1cccc(F)c1)n1cccc1)NCCN1CCN(c2ccccc2F)CC1. The third kappa shape index (κ3) is 5.53. The number of hydrogen-bond acceptors (Lipinski definition) is 3. The van der Waals surface area contributed by atoms with Gasteiger partial charge in [0.05, 0.1) is 18.2 Å². The number of halogens is 2. The van der Waals surface area contributed by atoms with Gasteiger partial charge in [0, 0.05) is 51.7 Å². The maximum Gasteiger partial charge on any atom is 0.222 e.